The van der Waals surface area contributed by atoms with Crippen LogP contribution in [0, 0.1) is 23.2 Å². The Morgan fingerprint density at radius 1 is 1.00 bits per heavy atom. The highest BCUT2D eigenvalue weighted by molar-refractivity contribution is 5.95. The number of carbonyl (C=O) groups excluding carboxylic acids is 3. The molecule has 0 bridgehead atoms. The van der Waals surface area contributed by atoms with Gasteiger partial charge in [0.1, 0.15) is 6.04 Å². The number of amides is 3. The molecule has 47 heavy (non-hydrogen) atoms. The lowest BCUT2D eigenvalue weighted by Crippen LogP contribution is -2.49. The van der Waals surface area contributed by atoms with Gasteiger partial charge < -0.3 is 20.0 Å². The Kier molecular flexibility index (Phi) is 8.61. The minimum absolute atomic E-state index is 0.0545. The van der Waals surface area contributed by atoms with E-state index >= 15 is 0 Å². The third-order valence-electron chi connectivity index (χ3n) is 10.2. The Morgan fingerprint density at radius 3 is 2.09 bits per heavy atom. The molecule has 3 aliphatic rings. The highest BCUT2D eigenvalue weighted by Crippen LogP contribution is 2.49. The van der Waals surface area contributed by atoms with Crippen molar-refractivity contribution in [2.75, 3.05) is 34.7 Å². The second kappa shape index (κ2) is 12.5. The van der Waals surface area contributed by atoms with E-state index in [1.807, 2.05) is 36.4 Å². The number of nitrogens with one attached hydrogen (secondary N) is 2. The van der Waals surface area contributed by atoms with Gasteiger partial charge in [-0.2, -0.15) is 10.5 Å². The number of likely N-dealkylation sites (tertiary alicyclic amines) is 1. The van der Waals surface area contributed by atoms with Crippen LogP contribution in [0.3, 0.4) is 0 Å². The molecule has 2 heterocycles. The molecular weight excluding hydrogens is 594 g/mol. The van der Waals surface area contributed by atoms with E-state index in [-0.39, 0.29) is 48.3 Å². The van der Waals surface area contributed by atoms with Crippen molar-refractivity contribution in [1.29, 1.82) is 5.26 Å². The number of tetrazole rings is 1. The average Bonchev–Trinajstić information content (AvgIpc) is 3.44. The minimum atomic E-state index is -0.928. The lowest BCUT2D eigenvalue weighted by Gasteiger charge is -2.38. The second-order valence-corrected chi connectivity index (χ2v) is 14.0. The fraction of sp³-hybridized carbons (Fsp3) is 0.514. The molecule has 4 atom stereocenters. The predicted molar refractivity (Wildman–Crippen MR) is 174 cm³/mol. The van der Waals surface area contributed by atoms with Gasteiger partial charge in [-0.05, 0) is 90.5 Å². The largest absolute Gasteiger partial charge is 0.345 e. The third kappa shape index (κ3) is 5.78. The summed E-state index contributed by atoms with van der Waals surface area (Å²) in [5, 5.41) is 29.1. The van der Waals surface area contributed by atoms with Crippen LogP contribution in [0.2, 0.25) is 0 Å². The number of rotatable bonds is 9. The Hall–Kier alpha value is -4.63. The quantitative estimate of drug-likeness (QED) is 0.363. The van der Waals surface area contributed by atoms with Crippen molar-refractivity contribution in [2.45, 2.75) is 69.5 Å². The molecule has 1 aliphatic heterocycles. The van der Waals surface area contributed by atoms with Crippen molar-refractivity contribution in [3.63, 3.8) is 0 Å². The number of aromatic nitrogens is 4. The monoisotopic (exact) mass is 637 g/mol. The van der Waals surface area contributed by atoms with Crippen LogP contribution in [0.5, 0.6) is 0 Å². The second-order valence-electron chi connectivity index (χ2n) is 14.0. The number of hydrogen-bond donors (Lipinski definition) is 2. The first-order valence-electron chi connectivity index (χ1n) is 16.3. The van der Waals surface area contributed by atoms with Crippen molar-refractivity contribution in [3.05, 3.63) is 75.6 Å². The van der Waals surface area contributed by atoms with Crippen molar-refractivity contribution < 1.29 is 14.4 Å². The minimum Gasteiger partial charge on any atom is -0.345 e. The van der Waals surface area contributed by atoms with Gasteiger partial charge in [0, 0.05) is 51.4 Å². The molecule has 0 radical (unpaired) electrons. The fourth-order valence-corrected chi connectivity index (χ4v) is 7.64. The third-order valence-corrected chi connectivity index (χ3v) is 10.2. The van der Waals surface area contributed by atoms with E-state index in [4.69, 9.17) is 0 Å². The molecule has 0 spiro atoms. The zero-order valence-corrected chi connectivity index (χ0v) is 27.9. The van der Waals surface area contributed by atoms with Crippen LogP contribution in [-0.4, -0.2) is 106 Å². The van der Waals surface area contributed by atoms with Crippen molar-refractivity contribution in [1.82, 2.24) is 40.6 Å². The maximum atomic E-state index is 13.5. The molecule has 246 valence electrons. The van der Waals surface area contributed by atoms with Crippen LogP contribution in [0.1, 0.15) is 81.9 Å². The van der Waals surface area contributed by atoms with Gasteiger partial charge in [0.15, 0.2) is 5.82 Å². The molecule has 12 nitrogen and oxygen atoms in total. The van der Waals surface area contributed by atoms with Crippen LogP contribution in [-0.2, 0) is 23.1 Å². The SMILES string of the molecule is CC(C)[C@@H](CC1(c2nn[nH]n2)c2ccc(C(=O)N(C)C)cc2CCc2cc(C(=O)N(C)C)ccc21)NCC(=O)N1C(C#N)C[C@@H]2C[C@@H]21. The smallest absolute Gasteiger partial charge is 0.253 e. The highest BCUT2D eigenvalue weighted by Gasteiger charge is 2.54. The number of nitriles is 1. The Bertz CT molecular complexity index is 1650. The maximum absolute atomic E-state index is 13.5. The molecule has 2 N–H and O–H groups in total. The molecule has 1 saturated heterocycles. The topological polar surface area (TPSA) is 151 Å². The standard InChI is InChI=1S/C35H43N9O3/c1-20(2)29(37-19-31(45)44-26(18-36)15-25-16-30(25)44)17-35(34-38-40-41-39-34)27-11-9-23(32(46)42(3)4)13-21(27)7-8-22-14-24(10-12-28(22)35)33(47)43(5)6/h9-14,20,25-26,29-30,37H,7-8,15-17,19H2,1-6H3,(H,38,39,40,41)/t25-,26?,29-,30+/m1/s1. The number of piperidine rings is 1. The summed E-state index contributed by atoms with van der Waals surface area (Å²) in [6.07, 6.45) is 3.49. The summed E-state index contributed by atoms with van der Waals surface area (Å²) in [5.74, 6) is 0.789. The molecular formula is C35H43N9O3. The number of H-pyrrole nitrogens is 1. The summed E-state index contributed by atoms with van der Waals surface area (Å²) in [4.78, 5) is 44.6. The molecule has 1 aromatic heterocycles. The normalized spacial score (nSPS) is 21.1. The van der Waals surface area contributed by atoms with Crippen LogP contribution in [0.4, 0.5) is 0 Å². The van der Waals surface area contributed by atoms with Crippen LogP contribution in [0.25, 0.3) is 0 Å². The van der Waals surface area contributed by atoms with E-state index in [1.54, 1.807) is 42.9 Å². The highest BCUT2D eigenvalue weighted by atomic mass is 16.2. The van der Waals surface area contributed by atoms with Gasteiger partial charge in [0.05, 0.1) is 18.0 Å². The summed E-state index contributed by atoms with van der Waals surface area (Å²) in [7, 11) is 6.95. The van der Waals surface area contributed by atoms with Crippen molar-refractivity contribution in [2.24, 2.45) is 11.8 Å². The number of aromatic amines is 1. The molecule has 1 saturated carbocycles. The van der Waals surface area contributed by atoms with Gasteiger partial charge in [0.25, 0.3) is 11.8 Å². The van der Waals surface area contributed by atoms with Crippen LogP contribution in [0.15, 0.2) is 36.4 Å². The van der Waals surface area contributed by atoms with E-state index in [0.29, 0.717) is 42.1 Å². The molecule has 12 heteroatoms. The summed E-state index contributed by atoms with van der Waals surface area (Å²) >= 11 is 0. The zero-order chi connectivity index (χ0) is 33.6. The molecule has 2 fully saturated rings. The lowest BCUT2D eigenvalue weighted by atomic mass is 9.66. The summed E-state index contributed by atoms with van der Waals surface area (Å²) in [6.45, 7) is 4.35. The summed E-state index contributed by atoms with van der Waals surface area (Å²) in [5.41, 5.74) is 4.16. The first kappa shape index (κ1) is 32.3. The van der Waals surface area contributed by atoms with Crippen molar-refractivity contribution in [3.8, 4) is 6.07 Å². The number of fused-ring (bicyclic) bond motifs is 3. The van der Waals surface area contributed by atoms with Gasteiger partial charge in [0.2, 0.25) is 5.91 Å². The molecule has 3 amide bonds. The van der Waals surface area contributed by atoms with Gasteiger partial charge in [-0.3, -0.25) is 14.4 Å². The molecule has 3 aromatic rings. The Labute approximate surface area is 275 Å². The van der Waals surface area contributed by atoms with Crippen molar-refractivity contribution >= 4 is 17.7 Å². The summed E-state index contributed by atoms with van der Waals surface area (Å²) < 4.78 is 0. The van der Waals surface area contributed by atoms with Gasteiger partial charge in [-0.1, -0.05) is 31.2 Å². The van der Waals surface area contributed by atoms with E-state index in [1.165, 1.54) is 0 Å². The van der Waals surface area contributed by atoms with E-state index in [0.717, 1.165) is 35.1 Å². The van der Waals surface area contributed by atoms with Gasteiger partial charge >= 0.3 is 0 Å². The van der Waals surface area contributed by atoms with Gasteiger partial charge in [-0.25, -0.2) is 0 Å². The Balaban J connectivity index is 1.46. The predicted octanol–water partition coefficient (Wildman–Crippen LogP) is 2.55. The summed E-state index contributed by atoms with van der Waals surface area (Å²) in [6, 6.07) is 13.6. The van der Waals surface area contributed by atoms with Gasteiger partial charge in [-0.15, -0.1) is 10.2 Å². The zero-order valence-electron chi connectivity index (χ0n) is 27.9. The lowest BCUT2D eigenvalue weighted by molar-refractivity contribution is -0.131. The molecule has 1 unspecified atom stereocenters. The number of aryl methyl sites for hydroxylation is 2. The number of hydrogen-bond acceptors (Lipinski definition) is 8. The van der Waals surface area contributed by atoms with E-state index < -0.39 is 5.41 Å². The molecule has 6 rings (SSSR count). The Morgan fingerprint density at radius 2 is 1.60 bits per heavy atom. The maximum Gasteiger partial charge on any atom is 0.253 e. The van der Waals surface area contributed by atoms with E-state index in [2.05, 4.69) is 45.9 Å². The van der Waals surface area contributed by atoms with Crippen LogP contribution >= 0.6 is 0 Å². The van der Waals surface area contributed by atoms with E-state index in [9.17, 15) is 19.6 Å². The number of benzene rings is 2. The average molecular weight is 638 g/mol. The first-order valence-corrected chi connectivity index (χ1v) is 16.3. The molecule has 2 aromatic carbocycles. The molecule has 2 aliphatic carbocycles. The number of nitrogens with zero attached hydrogens (tertiary/aromatic N) is 7. The first-order chi connectivity index (χ1) is 22.5. The van der Waals surface area contributed by atoms with Crippen LogP contribution < -0.4 is 5.32 Å². The number of carbonyl (C=O) groups is 3. The fourth-order valence-electron chi connectivity index (χ4n) is 7.64.